The van der Waals surface area contributed by atoms with Gasteiger partial charge in [-0.2, -0.15) is 0 Å². The maximum atomic E-state index is 14.9. The van der Waals surface area contributed by atoms with Crippen LogP contribution in [0.2, 0.25) is 5.02 Å². The molecule has 0 heterocycles. The number of para-hydroxylation sites is 1. The van der Waals surface area contributed by atoms with Crippen molar-refractivity contribution in [1.29, 1.82) is 0 Å². The van der Waals surface area contributed by atoms with Gasteiger partial charge in [0, 0.05) is 24.0 Å². The number of carbonyl (C=O) groups excluding carboxylic acids is 2. The number of amides is 2. The summed E-state index contributed by atoms with van der Waals surface area (Å²) in [4.78, 5) is 30.7. The average molecular weight is 750 g/mol. The number of halogens is 1. The lowest BCUT2D eigenvalue weighted by atomic mass is 9.94. The Balaban J connectivity index is 1.38. The number of carbonyl (C=O) groups is 2. The zero-order chi connectivity index (χ0) is 37.2. The van der Waals surface area contributed by atoms with E-state index in [0.29, 0.717) is 16.5 Å². The molecule has 2 amide bonds. The first-order valence-electron chi connectivity index (χ1n) is 18.0. The molecule has 6 rings (SSSR count). The van der Waals surface area contributed by atoms with Gasteiger partial charge in [-0.25, -0.2) is 8.42 Å². The van der Waals surface area contributed by atoms with Gasteiger partial charge in [0.25, 0.3) is 10.0 Å². The van der Waals surface area contributed by atoms with Gasteiger partial charge in [-0.15, -0.1) is 0 Å². The highest BCUT2D eigenvalue weighted by Gasteiger charge is 2.35. The molecule has 1 fully saturated rings. The van der Waals surface area contributed by atoms with Crippen molar-refractivity contribution in [2.75, 3.05) is 10.8 Å². The Labute approximate surface area is 317 Å². The zero-order valence-corrected chi connectivity index (χ0v) is 31.3. The van der Waals surface area contributed by atoms with Crippen LogP contribution in [0.3, 0.4) is 0 Å². The van der Waals surface area contributed by atoms with Gasteiger partial charge in [0.15, 0.2) is 0 Å². The van der Waals surface area contributed by atoms with Gasteiger partial charge in [0.05, 0.1) is 10.6 Å². The second-order valence-corrected chi connectivity index (χ2v) is 15.7. The molecule has 53 heavy (non-hydrogen) atoms. The minimum Gasteiger partial charge on any atom is -0.457 e. The van der Waals surface area contributed by atoms with E-state index in [1.165, 1.54) is 17.0 Å². The van der Waals surface area contributed by atoms with Gasteiger partial charge in [-0.05, 0) is 91.6 Å². The first-order valence-corrected chi connectivity index (χ1v) is 19.8. The SMILES string of the molecule is Cc1ccc(S(=O)(=O)N(CC(=O)N(Cc2ccc(Cl)cc2)[C@@H](Cc2ccccc2)C(=O)NC2CCCCC2)c2ccc(Oc3ccccc3)cc2)cc1. The number of aryl methyl sites for hydroxylation is 1. The first-order chi connectivity index (χ1) is 25.7. The Morgan fingerprint density at radius 1 is 0.755 bits per heavy atom. The van der Waals surface area contributed by atoms with E-state index in [1.807, 2.05) is 79.7 Å². The maximum absolute atomic E-state index is 14.9. The van der Waals surface area contributed by atoms with Crippen LogP contribution in [-0.2, 0) is 32.6 Å². The van der Waals surface area contributed by atoms with E-state index in [9.17, 15) is 18.0 Å². The maximum Gasteiger partial charge on any atom is 0.264 e. The molecular formula is C43H44ClN3O5S. The predicted octanol–water partition coefficient (Wildman–Crippen LogP) is 8.73. The predicted molar refractivity (Wildman–Crippen MR) is 210 cm³/mol. The zero-order valence-electron chi connectivity index (χ0n) is 29.7. The normalized spacial score (nSPS) is 13.8. The smallest absolute Gasteiger partial charge is 0.264 e. The van der Waals surface area contributed by atoms with Crippen LogP contribution < -0.4 is 14.4 Å². The standard InChI is InChI=1S/C43H44ClN3O5S/c1-32-17-27-40(28-18-32)53(50,51)47(37-23-25-39(26-24-37)52-38-15-9-4-10-16-38)31-42(48)46(30-34-19-21-35(44)22-20-34)41(29-33-11-5-2-6-12-33)43(49)45-36-13-7-3-8-14-36/h2,4-6,9-12,15-28,36,41H,3,7-8,13-14,29-31H2,1H3,(H,45,49)/t41-/m0/s1. The van der Waals surface area contributed by atoms with Crippen molar-refractivity contribution in [3.8, 4) is 11.5 Å². The average Bonchev–Trinajstić information content (AvgIpc) is 3.17. The summed E-state index contributed by atoms with van der Waals surface area (Å²) in [5.74, 6) is 0.345. The molecule has 1 aliphatic rings. The fourth-order valence-electron chi connectivity index (χ4n) is 6.56. The summed E-state index contributed by atoms with van der Waals surface area (Å²) in [6.45, 7) is 1.39. The molecule has 5 aromatic rings. The molecule has 1 N–H and O–H groups in total. The fourth-order valence-corrected chi connectivity index (χ4v) is 8.10. The molecule has 1 atom stereocenters. The van der Waals surface area contributed by atoms with Crippen LogP contribution in [0.25, 0.3) is 0 Å². The Bertz CT molecular complexity index is 2060. The van der Waals surface area contributed by atoms with Gasteiger partial charge >= 0.3 is 0 Å². The topological polar surface area (TPSA) is 96.0 Å². The number of anilines is 1. The summed E-state index contributed by atoms with van der Waals surface area (Å²) in [5, 5.41) is 3.78. The Kier molecular flexibility index (Phi) is 12.5. The van der Waals surface area contributed by atoms with Crippen LogP contribution in [0.5, 0.6) is 11.5 Å². The molecule has 0 bridgehead atoms. The molecule has 0 unspecified atom stereocenters. The van der Waals surface area contributed by atoms with E-state index in [1.54, 1.807) is 48.5 Å². The third-order valence-electron chi connectivity index (χ3n) is 9.48. The molecule has 1 aliphatic carbocycles. The van der Waals surface area contributed by atoms with Crippen molar-refractivity contribution in [3.63, 3.8) is 0 Å². The minimum absolute atomic E-state index is 0.0111. The summed E-state index contributed by atoms with van der Waals surface area (Å²) in [7, 11) is -4.25. The van der Waals surface area contributed by atoms with Crippen LogP contribution in [0.4, 0.5) is 5.69 Å². The molecule has 0 aliphatic heterocycles. The van der Waals surface area contributed by atoms with Gasteiger partial charge in [-0.1, -0.05) is 109 Å². The molecule has 0 aromatic heterocycles. The summed E-state index contributed by atoms with van der Waals surface area (Å²) in [6.07, 6.45) is 5.19. The summed E-state index contributed by atoms with van der Waals surface area (Å²) < 4.78 is 36.0. The molecular weight excluding hydrogens is 706 g/mol. The summed E-state index contributed by atoms with van der Waals surface area (Å²) >= 11 is 6.22. The van der Waals surface area contributed by atoms with Crippen molar-refractivity contribution in [3.05, 3.63) is 155 Å². The lowest BCUT2D eigenvalue weighted by Crippen LogP contribution is -2.55. The van der Waals surface area contributed by atoms with Gasteiger partial charge in [0.1, 0.15) is 24.1 Å². The highest BCUT2D eigenvalue weighted by molar-refractivity contribution is 7.92. The second-order valence-electron chi connectivity index (χ2n) is 13.4. The van der Waals surface area contributed by atoms with Crippen molar-refractivity contribution >= 4 is 39.1 Å². The van der Waals surface area contributed by atoms with Crippen LogP contribution >= 0.6 is 11.6 Å². The number of nitrogens with zero attached hydrogens (tertiary/aromatic N) is 2. The Morgan fingerprint density at radius 3 is 2.00 bits per heavy atom. The number of ether oxygens (including phenoxy) is 1. The minimum atomic E-state index is -4.25. The number of sulfonamides is 1. The van der Waals surface area contributed by atoms with Crippen LogP contribution in [-0.4, -0.2) is 43.8 Å². The largest absolute Gasteiger partial charge is 0.457 e. The number of rotatable bonds is 14. The van der Waals surface area contributed by atoms with Gasteiger partial charge < -0.3 is 15.0 Å². The second kappa shape index (κ2) is 17.6. The number of nitrogens with one attached hydrogen (secondary N) is 1. The molecule has 274 valence electrons. The molecule has 0 radical (unpaired) electrons. The lowest BCUT2D eigenvalue weighted by molar-refractivity contribution is -0.140. The lowest BCUT2D eigenvalue weighted by Gasteiger charge is -2.35. The Morgan fingerprint density at radius 2 is 1.36 bits per heavy atom. The molecule has 8 nitrogen and oxygen atoms in total. The van der Waals surface area contributed by atoms with Crippen LogP contribution in [0.15, 0.2) is 138 Å². The monoisotopic (exact) mass is 749 g/mol. The fraction of sp³-hybridized carbons (Fsp3) is 0.256. The van der Waals surface area contributed by atoms with Crippen molar-refractivity contribution < 1.29 is 22.7 Å². The molecule has 1 saturated carbocycles. The van der Waals surface area contributed by atoms with Crippen molar-refractivity contribution in [2.24, 2.45) is 0 Å². The molecule has 0 spiro atoms. The van der Waals surface area contributed by atoms with Gasteiger partial charge in [-0.3, -0.25) is 13.9 Å². The van der Waals surface area contributed by atoms with E-state index in [0.717, 1.165) is 53.1 Å². The van der Waals surface area contributed by atoms with Crippen LogP contribution in [0.1, 0.15) is 48.8 Å². The quantitative estimate of drug-likeness (QED) is 0.123. The van der Waals surface area contributed by atoms with E-state index in [-0.39, 0.29) is 35.5 Å². The number of hydrogen-bond donors (Lipinski definition) is 1. The highest BCUT2D eigenvalue weighted by atomic mass is 35.5. The molecule has 0 saturated heterocycles. The summed E-state index contributed by atoms with van der Waals surface area (Å²) in [5.41, 5.74) is 2.80. The van der Waals surface area contributed by atoms with Gasteiger partial charge in [0.2, 0.25) is 11.8 Å². The Hall–Kier alpha value is -5.12. The highest BCUT2D eigenvalue weighted by Crippen LogP contribution is 2.29. The van der Waals surface area contributed by atoms with Crippen molar-refractivity contribution in [2.45, 2.75) is 69.0 Å². The summed E-state index contributed by atoms with van der Waals surface area (Å²) in [6, 6.07) is 38.1. The number of hydrogen-bond acceptors (Lipinski definition) is 5. The van der Waals surface area contributed by atoms with E-state index in [2.05, 4.69) is 5.32 Å². The first kappa shape index (κ1) is 37.6. The number of benzene rings is 5. The van der Waals surface area contributed by atoms with E-state index >= 15 is 0 Å². The van der Waals surface area contributed by atoms with Crippen molar-refractivity contribution in [1.82, 2.24) is 10.2 Å². The third kappa shape index (κ3) is 10.1. The molecule has 10 heteroatoms. The van der Waals surface area contributed by atoms with E-state index < -0.39 is 28.5 Å². The molecule has 5 aromatic carbocycles. The van der Waals surface area contributed by atoms with E-state index in [4.69, 9.17) is 16.3 Å². The van der Waals surface area contributed by atoms with Crippen LogP contribution in [0, 0.1) is 6.92 Å². The third-order valence-corrected chi connectivity index (χ3v) is 11.5.